The summed E-state index contributed by atoms with van der Waals surface area (Å²) in [5.74, 6) is 0. The van der Waals surface area contributed by atoms with Crippen LogP contribution in [0.15, 0.2) is 42.5 Å². The van der Waals surface area contributed by atoms with Crippen molar-refractivity contribution in [2.24, 2.45) is 5.73 Å². The van der Waals surface area contributed by atoms with Crippen molar-refractivity contribution in [2.45, 2.75) is 27.3 Å². The van der Waals surface area contributed by atoms with Crippen molar-refractivity contribution in [3.05, 3.63) is 64.8 Å². The van der Waals surface area contributed by atoms with E-state index in [9.17, 15) is 0 Å². The van der Waals surface area contributed by atoms with Gasteiger partial charge in [-0.2, -0.15) is 0 Å². The quantitative estimate of drug-likeness (QED) is 0.805. The molecule has 4 heteroatoms. The SMILES string of the molecule is Cc1cccc(-c2c(CN)nnn2-c2ccc(C)c(C)c2)c1. The summed E-state index contributed by atoms with van der Waals surface area (Å²) in [5.41, 5.74) is 13.4. The number of aryl methyl sites for hydroxylation is 3. The minimum Gasteiger partial charge on any atom is -0.325 e. The fourth-order valence-corrected chi connectivity index (χ4v) is 2.57. The Morgan fingerprint density at radius 2 is 1.82 bits per heavy atom. The number of rotatable bonds is 3. The van der Waals surface area contributed by atoms with Crippen LogP contribution in [-0.2, 0) is 6.54 Å². The number of aromatic nitrogens is 3. The van der Waals surface area contributed by atoms with Crippen LogP contribution in [0, 0.1) is 20.8 Å². The van der Waals surface area contributed by atoms with E-state index in [4.69, 9.17) is 5.73 Å². The van der Waals surface area contributed by atoms with E-state index in [1.807, 2.05) is 10.7 Å². The predicted octanol–water partition coefficient (Wildman–Crippen LogP) is 3.32. The van der Waals surface area contributed by atoms with Crippen LogP contribution in [0.1, 0.15) is 22.4 Å². The highest BCUT2D eigenvalue weighted by molar-refractivity contribution is 5.65. The lowest BCUT2D eigenvalue weighted by Crippen LogP contribution is -2.03. The van der Waals surface area contributed by atoms with Crippen molar-refractivity contribution in [2.75, 3.05) is 0 Å². The van der Waals surface area contributed by atoms with Crippen LogP contribution in [0.4, 0.5) is 0 Å². The third-order valence-electron chi connectivity index (χ3n) is 3.96. The van der Waals surface area contributed by atoms with Crippen LogP contribution in [0.5, 0.6) is 0 Å². The Hall–Kier alpha value is -2.46. The summed E-state index contributed by atoms with van der Waals surface area (Å²) >= 11 is 0. The van der Waals surface area contributed by atoms with E-state index >= 15 is 0 Å². The first-order valence-electron chi connectivity index (χ1n) is 7.39. The monoisotopic (exact) mass is 292 g/mol. The molecular formula is C18H20N4. The lowest BCUT2D eigenvalue weighted by Gasteiger charge is -2.10. The van der Waals surface area contributed by atoms with E-state index in [2.05, 4.69) is 67.5 Å². The first-order chi connectivity index (χ1) is 10.6. The molecule has 0 aliphatic carbocycles. The second kappa shape index (κ2) is 5.73. The molecule has 0 atom stereocenters. The Labute approximate surface area is 130 Å². The van der Waals surface area contributed by atoms with Crippen LogP contribution in [-0.4, -0.2) is 15.0 Å². The summed E-state index contributed by atoms with van der Waals surface area (Å²) in [6, 6.07) is 14.6. The molecule has 0 amide bonds. The highest BCUT2D eigenvalue weighted by atomic mass is 15.4. The van der Waals surface area contributed by atoms with Crippen LogP contribution in [0.25, 0.3) is 16.9 Å². The van der Waals surface area contributed by atoms with Gasteiger partial charge in [-0.25, -0.2) is 4.68 Å². The van der Waals surface area contributed by atoms with E-state index in [1.165, 1.54) is 16.7 Å². The summed E-state index contributed by atoms with van der Waals surface area (Å²) in [5, 5.41) is 8.58. The minimum atomic E-state index is 0.369. The smallest absolute Gasteiger partial charge is 0.105 e. The Balaban J connectivity index is 2.21. The lowest BCUT2D eigenvalue weighted by atomic mass is 10.1. The van der Waals surface area contributed by atoms with Gasteiger partial charge in [0.1, 0.15) is 5.69 Å². The molecule has 3 rings (SSSR count). The molecule has 0 spiro atoms. The van der Waals surface area contributed by atoms with Gasteiger partial charge in [0.2, 0.25) is 0 Å². The van der Waals surface area contributed by atoms with Gasteiger partial charge < -0.3 is 5.73 Å². The van der Waals surface area contributed by atoms with Crippen LogP contribution in [0.2, 0.25) is 0 Å². The van der Waals surface area contributed by atoms with Crippen molar-refractivity contribution in [3.8, 4) is 16.9 Å². The van der Waals surface area contributed by atoms with Gasteiger partial charge in [0.25, 0.3) is 0 Å². The van der Waals surface area contributed by atoms with Gasteiger partial charge in [0, 0.05) is 12.1 Å². The normalized spacial score (nSPS) is 10.9. The molecule has 1 aromatic heterocycles. The standard InChI is InChI=1S/C18H20N4/c1-12-5-4-6-15(9-12)18-17(11-19)20-21-22(18)16-8-7-13(2)14(3)10-16/h4-10H,11,19H2,1-3H3. The maximum absolute atomic E-state index is 5.86. The number of nitrogens with two attached hydrogens (primary N) is 1. The Kier molecular flexibility index (Phi) is 3.77. The molecule has 4 nitrogen and oxygen atoms in total. The van der Waals surface area contributed by atoms with E-state index in [0.717, 1.165) is 22.6 Å². The summed E-state index contributed by atoms with van der Waals surface area (Å²) in [4.78, 5) is 0. The summed E-state index contributed by atoms with van der Waals surface area (Å²) in [6.07, 6.45) is 0. The van der Waals surface area contributed by atoms with Crippen molar-refractivity contribution in [1.82, 2.24) is 15.0 Å². The first kappa shape index (κ1) is 14.5. The molecule has 2 N–H and O–H groups in total. The number of hydrogen-bond acceptors (Lipinski definition) is 3. The number of nitrogens with zero attached hydrogens (tertiary/aromatic N) is 3. The Morgan fingerprint density at radius 3 is 2.50 bits per heavy atom. The minimum absolute atomic E-state index is 0.369. The fraction of sp³-hybridized carbons (Fsp3) is 0.222. The molecule has 0 unspecified atom stereocenters. The topological polar surface area (TPSA) is 56.7 Å². The zero-order chi connectivity index (χ0) is 15.7. The molecule has 1 heterocycles. The zero-order valence-electron chi connectivity index (χ0n) is 13.2. The van der Waals surface area contributed by atoms with Crippen LogP contribution in [0.3, 0.4) is 0 Å². The maximum atomic E-state index is 5.86. The highest BCUT2D eigenvalue weighted by Crippen LogP contribution is 2.26. The van der Waals surface area contributed by atoms with Gasteiger partial charge in [0.05, 0.1) is 11.4 Å². The van der Waals surface area contributed by atoms with Gasteiger partial charge in [0.15, 0.2) is 0 Å². The molecule has 0 aliphatic rings. The van der Waals surface area contributed by atoms with Gasteiger partial charge in [-0.15, -0.1) is 5.10 Å². The second-order valence-corrected chi connectivity index (χ2v) is 5.64. The molecule has 0 saturated carbocycles. The maximum Gasteiger partial charge on any atom is 0.105 e. The molecular weight excluding hydrogens is 272 g/mol. The van der Waals surface area contributed by atoms with Crippen molar-refractivity contribution >= 4 is 0 Å². The molecule has 22 heavy (non-hydrogen) atoms. The number of benzene rings is 2. The fourth-order valence-electron chi connectivity index (χ4n) is 2.57. The largest absolute Gasteiger partial charge is 0.325 e. The number of hydrogen-bond donors (Lipinski definition) is 1. The summed E-state index contributed by atoms with van der Waals surface area (Å²) in [7, 11) is 0. The Bertz CT molecular complexity index is 818. The second-order valence-electron chi connectivity index (χ2n) is 5.64. The molecule has 2 aromatic carbocycles. The molecule has 0 aliphatic heterocycles. The third-order valence-corrected chi connectivity index (χ3v) is 3.96. The van der Waals surface area contributed by atoms with Crippen LogP contribution >= 0.6 is 0 Å². The van der Waals surface area contributed by atoms with Gasteiger partial charge in [-0.3, -0.25) is 0 Å². The summed E-state index contributed by atoms with van der Waals surface area (Å²) < 4.78 is 1.88. The molecule has 0 radical (unpaired) electrons. The lowest BCUT2D eigenvalue weighted by molar-refractivity contribution is 0.799. The van der Waals surface area contributed by atoms with Crippen molar-refractivity contribution in [3.63, 3.8) is 0 Å². The average molecular weight is 292 g/mol. The summed E-state index contributed by atoms with van der Waals surface area (Å²) in [6.45, 7) is 6.66. The molecule has 3 aromatic rings. The van der Waals surface area contributed by atoms with E-state index in [-0.39, 0.29) is 0 Å². The van der Waals surface area contributed by atoms with E-state index in [0.29, 0.717) is 6.54 Å². The molecule has 0 bridgehead atoms. The predicted molar refractivity (Wildman–Crippen MR) is 88.9 cm³/mol. The van der Waals surface area contributed by atoms with Gasteiger partial charge in [-0.05, 0) is 50.1 Å². The molecule has 0 saturated heterocycles. The Morgan fingerprint density at radius 1 is 1.00 bits per heavy atom. The van der Waals surface area contributed by atoms with Crippen molar-refractivity contribution < 1.29 is 0 Å². The third kappa shape index (κ3) is 2.53. The van der Waals surface area contributed by atoms with E-state index in [1.54, 1.807) is 0 Å². The van der Waals surface area contributed by atoms with Crippen LogP contribution < -0.4 is 5.73 Å². The molecule has 112 valence electrons. The zero-order valence-corrected chi connectivity index (χ0v) is 13.2. The average Bonchev–Trinajstić information content (AvgIpc) is 2.94. The first-order valence-corrected chi connectivity index (χ1v) is 7.39. The van der Waals surface area contributed by atoms with Crippen molar-refractivity contribution in [1.29, 1.82) is 0 Å². The van der Waals surface area contributed by atoms with E-state index < -0.39 is 0 Å². The van der Waals surface area contributed by atoms with Gasteiger partial charge in [-0.1, -0.05) is 35.0 Å². The van der Waals surface area contributed by atoms with Gasteiger partial charge >= 0.3 is 0 Å². The molecule has 0 fully saturated rings. The highest BCUT2D eigenvalue weighted by Gasteiger charge is 2.15.